The maximum absolute atomic E-state index is 12.2. The Balaban J connectivity index is 1.75. The van der Waals surface area contributed by atoms with Gasteiger partial charge in [0.05, 0.1) is 12.6 Å². The van der Waals surface area contributed by atoms with E-state index in [9.17, 15) is 9.90 Å². The summed E-state index contributed by atoms with van der Waals surface area (Å²) in [5.41, 5.74) is 0.382. The zero-order valence-corrected chi connectivity index (χ0v) is 9.63. The van der Waals surface area contributed by atoms with E-state index in [0.717, 1.165) is 31.4 Å². The molecule has 0 aromatic carbocycles. The summed E-state index contributed by atoms with van der Waals surface area (Å²) in [7, 11) is 0. The van der Waals surface area contributed by atoms with Crippen molar-refractivity contribution in [2.24, 2.45) is 0 Å². The predicted octanol–water partition coefficient (Wildman–Crippen LogP) is 1.15. The molecule has 1 N–H and O–H groups in total. The lowest BCUT2D eigenvalue weighted by Crippen LogP contribution is -2.37. The molecule has 0 unspecified atom stereocenters. The molecule has 1 aliphatic carbocycles. The minimum atomic E-state index is -0.114. The SMILES string of the molecule is O=C(c1cc(C2CC2)on1)N1CCC[C@@H]1CO. The van der Waals surface area contributed by atoms with Crippen LogP contribution < -0.4 is 0 Å². The molecule has 1 amide bonds. The Labute approximate surface area is 99.4 Å². The zero-order valence-electron chi connectivity index (χ0n) is 9.63. The maximum atomic E-state index is 12.2. The summed E-state index contributed by atoms with van der Waals surface area (Å²) in [6, 6.07) is 1.70. The van der Waals surface area contributed by atoms with Gasteiger partial charge in [-0.05, 0) is 25.7 Å². The van der Waals surface area contributed by atoms with Gasteiger partial charge in [-0.3, -0.25) is 4.79 Å². The number of rotatable bonds is 3. The van der Waals surface area contributed by atoms with E-state index in [-0.39, 0.29) is 18.6 Å². The number of hydrogen-bond acceptors (Lipinski definition) is 4. The number of hydrogen-bond donors (Lipinski definition) is 1. The number of carbonyl (C=O) groups excluding carboxylic acids is 1. The van der Waals surface area contributed by atoms with Crippen LogP contribution in [0.4, 0.5) is 0 Å². The Hall–Kier alpha value is -1.36. The molecule has 1 atom stereocenters. The van der Waals surface area contributed by atoms with E-state index >= 15 is 0 Å². The lowest BCUT2D eigenvalue weighted by atomic mass is 10.2. The molecule has 5 nitrogen and oxygen atoms in total. The van der Waals surface area contributed by atoms with Crippen LogP contribution in [0.3, 0.4) is 0 Å². The minimum absolute atomic E-state index is 0.0269. The standard InChI is InChI=1S/C12H16N2O3/c15-7-9-2-1-5-14(9)12(16)10-6-11(17-13-10)8-3-4-8/h6,8-9,15H,1-5,7H2/t9-/m1/s1. The monoisotopic (exact) mass is 236 g/mol. The highest BCUT2D eigenvalue weighted by Gasteiger charge is 2.33. The number of carbonyl (C=O) groups is 1. The van der Waals surface area contributed by atoms with Crippen LogP contribution in [0.15, 0.2) is 10.6 Å². The van der Waals surface area contributed by atoms with E-state index in [0.29, 0.717) is 18.2 Å². The van der Waals surface area contributed by atoms with Crippen molar-refractivity contribution in [1.29, 1.82) is 0 Å². The first-order chi connectivity index (χ1) is 8.29. The molecule has 92 valence electrons. The fourth-order valence-corrected chi connectivity index (χ4v) is 2.39. The molecular formula is C12H16N2O3. The van der Waals surface area contributed by atoms with E-state index in [1.165, 1.54) is 0 Å². The lowest BCUT2D eigenvalue weighted by molar-refractivity contribution is 0.0667. The fourth-order valence-electron chi connectivity index (χ4n) is 2.39. The van der Waals surface area contributed by atoms with Gasteiger partial charge in [0.15, 0.2) is 5.69 Å². The highest BCUT2D eigenvalue weighted by molar-refractivity contribution is 5.92. The van der Waals surface area contributed by atoms with Crippen molar-refractivity contribution in [3.8, 4) is 0 Å². The first kappa shape index (κ1) is 10.8. The molecule has 0 bridgehead atoms. The Kier molecular flexibility index (Phi) is 2.63. The van der Waals surface area contributed by atoms with E-state index in [2.05, 4.69) is 5.16 Å². The molecule has 1 saturated carbocycles. The van der Waals surface area contributed by atoms with Gasteiger partial charge in [-0.2, -0.15) is 0 Å². The van der Waals surface area contributed by atoms with Gasteiger partial charge < -0.3 is 14.5 Å². The second-order valence-electron chi connectivity index (χ2n) is 4.87. The van der Waals surface area contributed by atoms with Crippen LogP contribution in [0.25, 0.3) is 0 Å². The molecule has 3 rings (SSSR count). The first-order valence-corrected chi connectivity index (χ1v) is 6.18. The second-order valence-corrected chi connectivity index (χ2v) is 4.87. The van der Waals surface area contributed by atoms with Crippen LogP contribution in [0.1, 0.15) is 47.8 Å². The number of amides is 1. The van der Waals surface area contributed by atoms with Crippen LogP contribution in [0.5, 0.6) is 0 Å². The highest BCUT2D eigenvalue weighted by Crippen LogP contribution is 2.40. The van der Waals surface area contributed by atoms with Crippen molar-refractivity contribution in [3.05, 3.63) is 17.5 Å². The third kappa shape index (κ3) is 1.95. The van der Waals surface area contributed by atoms with Crippen molar-refractivity contribution in [1.82, 2.24) is 10.1 Å². The van der Waals surface area contributed by atoms with Gasteiger partial charge in [-0.1, -0.05) is 5.16 Å². The molecule has 0 radical (unpaired) electrons. The molecule has 0 spiro atoms. The van der Waals surface area contributed by atoms with Gasteiger partial charge in [0.2, 0.25) is 0 Å². The summed E-state index contributed by atoms with van der Waals surface area (Å²) < 4.78 is 5.18. The van der Waals surface area contributed by atoms with Gasteiger partial charge in [-0.15, -0.1) is 0 Å². The van der Waals surface area contributed by atoms with Gasteiger partial charge in [0.25, 0.3) is 5.91 Å². The number of nitrogens with zero attached hydrogens (tertiary/aromatic N) is 2. The summed E-state index contributed by atoms with van der Waals surface area (Å²) in [4.78, 5) is 13.9. The molecule has 17 heavy (non-hydrogen) atoms. The number of aliphatic hydroxyl groups excluding tert-OH is 1. The van der Waals surface area contributed by atoms with Crippen LogP contribution >= 0.6 is 0 Å². The summed E-state index contributed by atoms with van der Waals surface area (Å²) in [6.07, 6.45) is 4.08. The Morgan fingerprint density at radius 3 is 3.06 bits per heavy atom. The van der Waals surface area contributed by atoms with Crippen LogP contribution in [-0.4, -0.2) is 40.3 Å². The molecule has 2 heterocycles. The van der Waals surface area contributed by atoms with E-state index in [1.54, 1.807) is 11.0 Å². The van der Waals surface area contributed by atoms with E-state index in [1.807, 2.05) is 0 Å². The van der Waals surface area contributed by atoms with E-state index in [4.69, 9.17) is 4.52 Å². The third-order valence-electron chi connectivity index (χ3n) is 3.58. The molecule has 2 fully saturated rings. The fraction of sp³-hybridized carbons (Fsp3) is 0.667. The van der Waals surface area contributed by atoms with Gasteiger partial charge >= 0.3 is 0 Å². The number of aliphatic hydroxyl groups is 1. The average Bonchev–Trinajstić information content (AvgIpc) is 2.93. The first-order valence-electron chi connectivity index (χ1n) is 6.18. The number of likely N-dealkylation sites (tertiary alicyclic amines) is 1. The van der Waals surface area contributed by atoms with Crippen molar-refractivity contribution in [2.45, 2.75) is 37.6 Å². The Morgan fingerprint density at radius 2 is 2.35 bits per heavy atom. The van der Waals surface area contributed by atoms with Gasteiger partial charge in [0.1, 0.15) is 5.76 Å². The number of aromatic nitrogens is 1. The topological polar surface area (TPSA) is 66.6 Å². The molecule has 1 aromatic rings. The molecule has 5 heteroatoms. The normalized spacial score (nSPS) is 24.3. The van der Waals surface area contributed by atoms with E-state index < -0.39 is 0 Å². The van der Waals surface area contributed by atoms with Crippen molar-refractivity contribution < 1.29 is 14.4 Å². The molecule has 1 aromatic heterocycles. The summed E-state index contributed by atoms with van der Waals surface area (Å²) in [6.45, 7) is 0.731. The van der Waals surface area contributed by atoms with Crippen LogP contribution in [-0.2, 0) is 0 Å². The molecule has 2 aliphatic rings. The smallest absolute Gasteiger partial charge is 0.276 e. The molecule has 1 saturated heterocycles. The summed E-state index contributed by atoms with van der Waals surface area (Å²) >= 11 is 0. The second kappa shape index (κ2) is 4.14. The summed E-state index contributed by atoms with van der Waals surface area (Å²) in [5, 5.41) is 13.0. The van der Waals surface area contributed by atoms with Gasteiger partial charge in [0, 0.05) is 18.5 Å². The largest absolute Gasteiger partial charge is 0.394 e. The van der Waals surface area contributed by atoms with Crippen LogP contribution in [0.2, 0.25) is 0 Å². The molecule has 1 aliphatic heterocycles. The Morgan fingerprint density at radius 1 is 1.53 bits per heavy atom. The summed E-state index contributed by atoms with van der Waals surface area (Å²) in [5.74, 6) is 1.18. The lowest BCUT2D eigenvalue weighted by Gasteiger charge is -2.21. The van der Waals surface area contributed by atoms with Crippen molar-refractivity contribution in [3.63, 3.8) is 0 Å². The van der Waals surface area contributed by atoms with Crippen molar-refractivity contribution >= 4 is 5.91 Å². The maximum Gasteiger partial charge on any atom is 0.276 e. The minimum Gasteiger partial charge on any atom is -0.394 e. The highest BCUT2D eigenvalue weighted by atomic mass is 16.5. The zero-order chi connectivity index (χ0) is 11.8. The quantitative estimate of drug-likeness (QED) is 0.854. The van der Waals surface area contributed by atoms with Crippen LogP contribution in [0, 0.1) is 0 Å². The third-order valence-corrected chi connectivity index (χ3v) is 3.58. The average molecular weight is 236 g/mol. The Bertz CT molecular complexity index is 425. The van der Waals surface area contributed by atoms with Crippen molar-refractivity contribution in [2.75, 3.05) is 13.2 Å². The molecular weight excluding hydrogens is 220 g/mol. The predicted molar refractivity (Wildman–Crippen MR) is 59.6 cm³/mol. The van der Waals surface area contributed by atoms with Gasteiger partial charge in [-0.25, -0.2) is 0 Å².